The zero-order valence-corrected chi connectivity index (χ0v) is 17.2. The highest BCUT2D eigenvalue weighted by atomic mass is 19.4. The van der Waals surface area contributed by atoms with Gasteiger partial charge in [0.05, 0.1) is 31.6 Å². The third kappa shape index (κ3) is 5.71. The van der Waals surface area contributed by atoms with Gasteiger partial charge in [0.1, 0.15) is 11.5 Å². The topological polar surface area (TPSA) is 65.4 Å². The van der Waals surface area contributed by atoms with Gasteiger partial charge in [0.15, 0.2) is 5.69 Å². The summed E-state index contributed by atoms with van der Waals surface area (Å²) in [5.74, 6) is -1.92. The minimum atomic E-state index is -4.94. The minimum absolute atomic E-state index is 0.246. The Morgan fingerprint density at radius 3 is 2.56 bits per heavy atom. The number of benzene rings is 2. The fourth-order valence-corrected chi connectivity index (χ4v) is 2.98. The Bertz CT molecular complexity index is 1070. The number of nitrogens with one attached hydrogen (secondary N) is 1. The van der Waals surface area contributed by atoms with Gasteiger partial charge in [0.25, 0.3) is 5.91 Å². The number of aromatic nitrogens is 2. The number of hydrogen-bond acceptors (Lipinski definition) is 4. The van der Waals surface area contributed by atoms with Gasteiger partial charge in [-0.15, -0.1) is 0 Å². The molecule has 1 aromatic heterocycles. The predicted octanol–water partition coefficient (Wildman–Crippen LogP) is 4.84. The summed E-state index contributed by atoms with van der Waals surface area (Å²) in [5, 5.41) is 6.06. The quantitative estimate of drug-likeness (QED) is 0.374. The number of para-hydroxylation sites is 1. The first-order valence-corrected chi connectivity index (χ1v) is 9.77. The normalized spacial score (nSPS) is 11.5. The molecule has 0 spiro atoms. The second kappa shape index (κ2) is 10.4. The molecular weight excluding hydrogens is 430 g/mol. The van der Waals surface area contributed by atoms with Gasteiger partial charge in [-0.1, -0.05) is 24.3 Å². The van der Waals surface area contributed by atoms with E-state index < -0.39 is 34.8 Å². The molecule has 0 saturated carbocycles. The van der Waals surface area contributed by atoms with Gasteiger partial charge >= 0.3 is 6.18 Å². The van der Waals surface area contributed by atoms with Gasteiger partial charge in [-0.25, -0.2) is 9.07 Å². The van der Waals surface area contributed by atoms with E-state index in [-0.39, 0.29) is 12.3 Å². The Morgan fingerprint density at radius 2 is 1.84 bits per heavy atom. The highest BCUT2D eigenvalue weighted by Crippen LogP contribution is 2.34. The molecule has 10 heteroatoms. The van der Waals surface area contributed by atoms with E-state index in [9.17, 15) is 22.4 Å². The maximum absolute atomic E-state index is 14.1. The zero-order chi connectivity index (χ0) is 23.1. The molecule has 1 amide bonds. The molecule has 32 heavy (non-hydrogen) atoms. The van der Waals surface area contributed by atoms with Crippen molar-refractivity contribution in [2.24, 2.45) is 0 Å². The van der Waals surface area contributed by atoms with Crippen LogP contribution in [0.5, 0.6) is 0 Å². The summed E-state index contributed by atoms with van der Waals surface area (Å²) >= 11 is 0. The number of carbonyl (C=O) groups excluding carboxylic acids is 1. The molecule has 0 bridgehead atoms. The number of rotatable bonds is 9. The molecule has 3 aromatic rings. The summed E-state index contributed by atoms with van der Waals surface area (Å²) < 4.78 is 66.4. The second-order valence-corrected chi connectivity index (χ2v) is 6.67. The van der Waals surface area contributed by atoms with Crippen molar-refractivity contribution in [2.75, 3.05) is 25.1 Å². The molecule has 0 aliphatic heterocycles. The van der Waals surface area contributed by atoms with Crippen LogP contribution >= 0.6 is 0 Å². The molecule has 3 rings (SSSR count). The second-order valence-electron chi connectivity index (χ2n) is 6.67. The molecule has 0 atom stereocenters. The van der Waals surface area contributed by atoms with E-state index >= 15 is 0 Å². The summed E-state index contributed by atoms with van der Waals surface area (Å²) in [6.45, 7) is 3.53. The molecule has 0 fully saturated rings. The smallest absolute Gasteiger partial charge is 0.379 e. The molecule has 170 valence electrons. The lowest BCUT2D eigenvalue weighted by molar-refractivity contribution is -0.143. The number of alkyl halides is 3. The van der Waals surface area contributed by atoms with Gasteiger partial charge in [-0.3, -0.25) is 4.79 Å². The van der Waals surface area contributed by atoms with E-state index in [1.165, 1.54) is 18.2 Å². The van der Waals surface area contributed by atoms with Crippen molar-refractivity contribution in [1.82, 2.24) is 9.78 Å². The zero-order valence-electron chi connectivity index (χ0n) is 17.2. The van der Waals surface area contributed by atoms with E-state index in [0.717, 1.165) is 23.9 Å². The monoisotopic (exact) mass is 451 g/mol. The predicted molar refractivity (Wildman–Crippen MR) is 109 cm³/mol. The number of ether oxygens (including phenoxy) is 2. The lowest BCUT2D eigenvalue weighted by Gasteiger charge is -2.13. The van der Waals surface area contributed by atoms with Crippen LogP contribution in [-0.4, -0.2) is 35.5 Å². The largest absolute Gasteiger partial charge is 0.434 e. The van der Waals surface area contributed by atoms with Crippen LogP contribution in [0.2, 0.25) is 0 Å². The highest BCUT2D eigenvalue weighted by molar-refractivity contribution is 6.05. The average Bonchev–Trinajstić information content (AvgIpc) is 3.20. The van der Waals surface area contributed by atoms with Crippen molar-refractivity contribution >= 4 is 11.6 Å². The number of amides is 1. The summed E-state index contributed by atoms with van der Waals surface area (Å²) in [5.41, 5.74) is -1.50. The Balaban J connectivity index is 1.80. The first-order valence-electron chi connectivity index (χ1n) is 9.77. The van der Waals surface area contributed by atoms with Crippen molar-refractivity contribution in [3.63, 3.8) is 0 Å². The first-order chi connectivity index (χ1) is 15.3. The number of halogens is 4. The third-order valence-electron chi connectivity index (χ3n) is 4.39. The van der Waals surface area contributed by atoms with Gasteiger partial charge in [0.2, 0.25) is 0 Å². The molecule has 0 aliphatic rings. The molecule has 6 nitrogen and oxygen atoms in total. The van der Waals surface area contributed by atoms with Gasteiger partial charge in [-0.05, 0) is 36.8 Å². The van der Waals surface area contributed by atoms with Gasteiger partial charge in [0, 0.05) is 12.3 Å². The molecule has 0 aliphatic carbocycles. The third-order valence-corrected chi connectivity index (χ3v) is 4.39. The van der Waals surface area contributed by atoms with Crippen molar-refractivity contribution in [3.05, 3.63) is 77.4 Å². The van der Waals surface area contributed by atoms with E-state index in [1.54, 1.807) is 18.2 Å². The van der Waals surface area contributed by atoms with Crippen LogP contribution in [0, 0.1) is 5.82 Å². The lowest BCUT2D eigenvalue weighted by Crippen LogP contribution is -2.21. The van der Waals surface area contributed by atoms with Crippen molar-refractivity contribution in [2.45, 2.75) is 19.7 Å². The van der Waals surface area contributed by atoms with Gasteiger partial charge in [-0.2, -0.15) is 18.3 Å². The molecule has 0 radical (unpaired) electrons. The van der Waals surface area contributed by atoms with Crippen molar-refractivity contribution in [3.8, 4) is 5.69 Å². The minimum Gasteiger partial charge on any atom is -0.379 e. The van der Waals surface area contributed by atoms with Crippen LogP contribution in [-0.2, 0) is 22.3 Å². The maximum atomic E-state index is 14.1. The maximum Gasteiger partial charge on any atom is 0.434 e. The van der Waals surface area contributed by atoms with E-state index in [0.29, 0.717) is 24.5 Å². The molecule has 1 heterocycles. The summed E-state index contributed by atoms with van der Waals surface area (Å²) in [6, 6.07) is 11.4. The van der Waals surface area contributed by atoms with Crippen LogP contribution in [0.1, 0.15) is 28.5 Å². The molecule has 0 unspecified atom stereocenters. The average molecular weight is 451 g/mol. The standard InChI is InChI=1S/C22H21F4N3O3/c1-2-31-10-11-32-14-15-6-5-7-16(12-15)28-21(30)17-13-27-29(20(17)22(24,25)26)19-9-4-3-8-18(19)23/h3-9,12-13H,2,10-11,14H2,1H3,(H,28,30). The summed E-state index contributed by atoms with van der Waals surface area (Å²) in [7, 11) is 0. The Kier molecular flexibility index (Phi) is 7.60. The van der Waals surface area contributed by atoms with E-state index in [2.05, 4.69) is 10.4 Å². The van der Waals surface area contributed by atoms with E-state index in [1.807, 2.05) is 6.92 Å². The van der Waals surface area contributed by atoms with Gasteiger partial charge < -0.3 is 14.8 Å². The van der Waals surface area contributed by atoms with E-state index in [4.69, 9.17) is 9.47 Å². The van der Waals surface area contributed by atoms with Crippen molar-refractivity contribution in [1.29, 1.82) is 0 Å². The first kappa shape index (κ1) is 23.4. The van der Waals surface area contributed by atoms with Crippen LogP contribution in [0.4, 0.5) is 23.2 Å². The number of carbonyl (C=O) groups is 1. The van der Waals surface area contributed by atoms with Crippen LogP contribution in [0.25, 0.3) is 5.69 Å². The summed E-state index contributed by atoms with van der Waals surface area (Å²) in [4.78, 5) is 12.6. The van der Waals surface area contributed by atoms with Crippen molar-refractivity contribution < 1.29 is 31.8 Å². The van der Waals surface area contributed by atoms with Crippen LogP contribution in [0.3, 0.4) is 0 Å². The Hall–Kier alpha value is -3.24. The molecule has 2 aromatic carbocycles. The molecule has 0 saturated heterocycles. The number of nitrogens with zero attached hydrogens (tertiary/aromatic N) is 2. The van der Waals surface area contributed by atoms with Crippen LogP contribution in [0.15, 0.2) is 54.7 Å². The Labute approximate surface area is 181 Å². The molecule has 1 N–H and O–H groups in total. The highest BCUT2D eigenvalue weighted by Gasteiger charge is 2.41. The number of anilines is 1. The van der Waals surface area contributed by atoms with Crippen LogP contribution < -0.4 is 5.32 Å². The summed E-state index contributed by atoms with van der Waals surface area (Å²) in [6.07, 6.45) is -4.17. The lowest BCUT2D eigenvalue weighted by atomic mass is 10.2. The number of hydrogen-bond donors (Lipinski definition) is 1. The Morgan fingerprint density at radius 1 is 1.09 bits per heavy atom. The fraction of sp³-hybridized carbons (Fsp3) is 0.273. The molecular formula is C22H21F4N3O3. The fourth-order valence-electron chi connectivity index (χ4n) is 2.98. The SMILES string of the molecule is CCOCCOCc1cccc(NC(=O)c2cnn(-c3ccccc3F)c2C(F)(F)F)c1.